The number of carbonyl (C=O) groups is 1. The molecule has 1 atom stereocenters. The molecular formula is C9H8FN3O. The van der Waals surface area contributed by atoms with E-state index < -0.39 is 6.29 Å². The number of amides is 1. The summed E-state index contributed by atoms with van der Waals surface area (Å²) in [5, 5.41) is 5.45. The molecule has 0 saturated carbocycles. The maximum atomic E-state index is 12.5. The molecule has 1 aliphatic heterocycles. The third-order valence-electron chi connectivity index (χ3n) is 1.77. The number of anilines is 1. The highest BCUT2D eigenvalue weighted by Crippen LogP contribution is 2.09. The van der Waals surface area contributed by atoms with Gasteiger partial charge in [0.1, 0.15) is 5.82 Å². The Morgan fingerprint density at radius 3 is 2.64 bits per heavy atom. The molecule has 0 bridgehead atoms. The average Bonchev–Trinajstić information content (AvgIpc) is 2.56. The van der Waals surface area contributed by atoms with Gasteiger partial charge in [-0.15, -0.1) is 0 Å². The fraction of sp³-hybridized carbons (Fsp3) is 0.111. The highest BCUT2D eigenvalue weighted by atomic mass is 19.1. The van der Waals surface area contributed by atoms with Crippen molar-refractivity contribution in [3.63, 3.8) is 0 Å². The Kier molecular flexibility index (Phi) is 2.14. The maximum Gasteiger partial charge on any atom is 0.265 e. The molecule has 1 aliphatic rings. The van der Waals surface area contributed by atoms with E-state index in [0.717, 1.165) is 0 Å². The third-order valence-corrected chi connectivity index (χ3v) is 1.77. The van der Waals surface area contributed by atoms with E-state index in [-0.39, 0.29) is 11.7 Å². The molecule has 1 aromatic rings. The van der Waals surface area contributed by atoms with Crippen molar-refractivity contribution < 1.29 is 9.18 Å². The average molecular weight is 193 g/mol. The van der Waals surface area contributed by atoms with Crippen molar-refractivity contribution in [1.29, 1.82) is 0 Å². The van der Waals surface area contributed by atoms with Gasteiger partial charge in [-0.3, -0.25) is 4.79 Å². The van der Waals surface area contributed by atoms with Gasteiger partial charge < -0.3 is 10.6 Å². The van der Waals surface area contributed by atoms with Crippen LogP contribution >= 0.6 is 0 Å². The van der Waals surface area contributed by atoms with Crippen LogP contribution in [0.2, 0.25) is 0 Å². The minimum absolute atomic E-state index is 0.232. The predicted molar refractivity (Wildman–Crippen MR) is 50.4 cm³/mol. The lowest BCUT2D eigenvalue weighted by Crippen LogP contribution is -2.33. The lowest BCUT2D eigenvalue weighted by molar-refractivity contribution is -0.114. The number of benzene rings is 1. The first kappa shape index (κ1) is 8.68. The highest BCUT2D eigenvalue weighted by molar-refractivity contribution is 6.27. The van der Waals surface area contributed by atoms with Crippen LogP contribution in [0.5, 0.6) is 0 Å². The van der Waals surface area contributed by atoms with E-state index in [9.17, 15) is 9.18 Å². The molecular weight excluding hydrogens is 185 g/mol. The summed E-state index contributed by atoms with van der Waals surface area (Å²) in [5.41, 5.74) is 0.704. The zero-order valence-corrected chi connectivity index (χ0v) is 7.20. The van der Waals surface area contributed by atoms with Gasteiger partial charge in [-0.2, -0.15) is 0 Å². The number of hydrogen-bond donors (Lipinski definition) is 2. The van der Waals surface area contributed by atoms with Gasteiger partial charge in [0.05, 0.1) is 6.21 Å². The summed E-state index contributed by atoms with van der Waals surface area (Å²) in [5.74, 6) is -0.529. The van der Waals surface area contributed by atoms with Crippen LogP contribution in [0.3, 0.4) is 0 Å². The zero-order valence-electron chi connectivity index (χ0n) is 7.20. The second-order valence-electron chi connectivity index (χ2n) is 2.84. The monoisotopic (exact) mass is 193 g/mol. The van der Waals surface area contributed by atoms with Crippen molar-refractivity contribution in [2.45, 2.75) is 6.29 Å². The van der Waals surface area contributed by atoms with Crippen LogP contribution in [-0.2, 0) is 4.79 Å². The first-order chi connectivity index (χ1) is 6.74. The summed E-state index contributed by atoms with van der Waals surface area (Å²) in [6, 6.07) is 5.83. The zero-order chi connectivity index (χ0) is 9.97. The Hall–Kier alpha value is -1.91. The summed E-state index contributed by atoms with van der Waals surface area (Å²) in [6.07, 6.45) is 0.759. The summed E-state index contributed by atoms with van der Waals surface area (Å²) >= 11 is 0. The number of rotatable bonds is 2. The van der Waals surface area contributed by atoms with Crippen molar-refractivity contribution in [3.05, 3.63) is 30.1 Å². The van der Waals surface area contributed by atoms with Gasteiger partial charge in [-0.25, -0.2) is 9.38 Å². The van der Waals surface area contributed by atoms with E-state index in [1.807, 2.05) is 0 Å². The molecule has 1 unspecified atom stereocenters. The molecule has 0 saturated heterocycles. The molecule has 72 valence electrons. The van der Waals surface area contributed by atoms with Gasteiger partial charge in [-0.05, 0) is 24.3 Å². The molecule has 0 aliphatic carbocycles. The lowest BCUT2D eigenvalue weighted by atomic mass is 10.3. The second kappa shape index (κ2) is 3.45. The highest BCUT2D eigenvalue weighted by Gasteiger charge is 2.14. The lowest BCUT2D eigenvalue weighted by Gasteiger charge is -2.11. The normalized spacial score (nSPS) is 19.5. The summed E-state index contributed by atoms with van der Waals surface area (Å²) in [6.45, 7) is 0. The number of nitrogens with one attached hydrogen (secondary N) is 2. The van der Waals surface area contributed by atoms with Gasteiger partial charge in [0, 0.05) is 5.69 Å². The van der Waals surface area contributed by atoms with Crippen LogP contribution in [-0.4, -0.2) is 18.4 Å². The molecule has 2 N–H and O–H groups in total. The molecule has 0 radical (unpaired) electrons. The van der Waals surface area contributed by atoms with Crippen LogP contribution in [0.4, 0.5) is 10.1 Å². The Labute approximate surface area is 79.8 Å². The van der Waals surface area contributed by atoms with Crippen LogP contribution in [0.1, 0.15) is 0 Å². The van der Waals surface area contributed by atoms with Crippen LogP contribution in [0, 0.1) is 5.82 Å². The maximum absolute atomic E-state index is 12.5. The smallest absolute Gasteiger partial charge is 0.265 e. The minimum atomic E-state index is -0.451. The molecule has 1 amide bonds. The number of aliphatic imine (C=N–C) groups is 1. The third kappa shape index (κ3) is 1.87. The number of hydrogen-bond acceptors (Lipinski definition) is 3. The van der Waals surface area contributed by atoms with Gasteiger partial charge in [0.2, 0.25) is 0 Å². The second-order valence-corrected chi connectivity index (χ2v) is 2.84. The van der Waals surface area contributed by atoms with Crippen molar-refractivity contribution >= 4 is 17.8 Å². The van der Waals surface area contributed by atoms with Crippen molar-refractivity contribution in [2.24, 2.45) is 4.99 Å². The van der Waals surface area contributed by atoms with E-state index >= 15 is 0 Å². The number of nitrogens with zero attached hydrogens (tertiary/aromatic N) is 1. The summed E-state index contributed by atoms with van der Waals surface area (Å²) in [4.78, 5) is 14.6. The molecule has 14 heavy (non-hydrogen) atoms. The van der Waals surface area contributed by atoms with Gasteiger partial charge in [0.25, 0.3) is 5.91 Å². The van der Waals surface area contributed by atoms with E-state index in [2.05, 4.69) is 15.6 Å². The summed E-state index contributed by atoms with van der Waals surface area (Å²) < 4.78 is 12.5. The van der Waals surface area contributed by atoms with E-state index in [4.69, 9.17) is 0 Å². The number of carbonyl (C=O) groups excluding carboxylic acids is 1. The number of halogens is 1. The first-order valence-corrected chi connectivity index (χ1v) is 4.10. The molecule has 0 fully saturated rings. The summed E-state index contributed by atoms with van der Waals surface area (Å²) in [7, 11) is 0. The van der Waals surface area contributed by atoms with E-state index in [1.165, 1.54) is 18.3 Å². The Morgan fingerprint density at radius 1 is 1.36 bits per heavy atom. The van der Waals surface area contributed by atoms with Crippen LogP contribution < -0.4 is 10.6 Å². The van der Waals surface area contributed by atoms with Crippen molar-refractivity contribution in [3.8, 4) is 0 Å². The van der Waals surface area contributed by atoms with Gasteiger partial charge >= 0.3 is 0 Å². The topological polar surface area (TPSA) is 53.5 Å². The first-order valence-electron chi connectivity index (χ1n) is 4.10. The molecule has 1 heterocycles. The molecule has 1 aromatic carbocycles. The van der Waals surface area contributed by atoms with Gasteiger partial charge in [-0.1, -0.05) is 0 Å². The molecule has 4 nitrogen and oxygen atoms in total. The Morgan fingerprint density at radius 2 is 2.07 bits per heavy atom. The van der Waals surface area contributed by atoms with Crippen molar-refractivity contribution in [1.82, 2.24) is 5.32 Å². The Balaban J connectivity index is 2.01. The van der Waals surface area contributed by atoms with Crippen LogP contribution in [0.25, 0.3) is 0 Å². The SMILES string of the molecule is O=C1C=NC(Nc2ccc(F)cc2)N1. The van der Waals surface area contributed by atoms with Crippen LogP contribution in [0.15, 0.2) is 29.3 Å². The standard InChI is InChI=1S/C9H8FN3O/c10-6-1-3-7(4-2-6)12-9-11-5-8(14)13-9/h1-5,9,12H,(H,13,14). The molecule has 5 heteroatoms. The van der Waals surface area contributed by atoms with Crippen molar-refractivity contribution in [2.75, 3.05) is 5.32 Å². The molecule has 0 spiro atoms. The largest absolute Gasteiger partial charge is 0.347 e. The van der Waals surface area contributed by atoms with E-state index in [0.29, 0.717) is 5.69 Å². The quantitative estimate of drug-likeness (QED) is 0.727. The predicted octanol–water partition coefficient (Wildman–Crippen LogP) is 0.722. The fourth-order valence-electron chi connectivity index (χ4n) is 1.13. The fourth-order valence-corrected chi connectivity index (χ4v) is 1.13. The molecule has 2 rings (SSSR count). The van der Waals surface area contributed by atoms with E-state index in [1.54, 1.807) is 12.1 Å². The minimum Gasteiger partial charge on any atom is -0.347 e. The van der Waals surface area contributed by atoms with Gasteiger partial charge in [0.15, 0.2) is 6.29 Å². The molecule has 0 aromatic heterocycles. The Bertz CT molecular complexity index is 374.